The Morgan fingerprint density at radius 3 is 2.61 bits per heavy atom. The third kappa shape index (κ3) is 3.38. The van der Waals surface area contributed by atoms with Gasteiger partial charge >= 0.3 is 0 Å². The summed E-state index contributed by atoms with van der Waals surface area (Å²) in [5, 5.41) is 2.32. The van der Waals surface area contributed by atoms with Crippen molar-refractivity contribution in [2.75, 3.05) is 6.54 Å². The number of carbonyl (C=O) groups is 1. The Morgan fingerprint density at radius 1 is 0.968 bits per heavy atom. The van der Waals surface area contributed by atoms with E-state index in [0.717, 1.165) is 48.3 Å². The van der Waals surface area contributed by atoms with Crippen LogP contribution in [0.15, 0.2) is 67.3 Å². The van der Waals surface area contributed by atoms with Gasteiger partial charge in [0.15, 0.2) is 5.82 Å². The highest BCUT2D eigenvalue weighted by Gasteiger charge is 2.39. The minimum atomic E-state index is 0.303. The third-order valence-corrected chi connectivity index (χ3v) is 6.34. The van der Waals surface area contributed by atoms with Crippen LogP contribution in [0.25, 0.3) is 33.5 Å². The van der Waals surface area contributed by atoms with Crippen LogP contribution in [0.5, 0.6) is 0 Å². The van der Waals surface area contributed by atoms with E-state index in [9.17, 15) is 4.79 Å². The van der Waals surface area contributed by atoms with Crippen molar-refractivity contribution < 1.29 is 4.79 Å². The van der Waals surface area contributed by atoms with Gasteiger partial charge in [0, 0.05) is 61.8 Å². The number of likely N-dealkylation sites (tertiary alicyclic amines) is 1. The molecule has 1 saturated heterocycles. The van der Waals surface area contributed by atoms with Crippen LogP contribution < -0.4 is 0 Å². The Bertz CT molecular complexity index is 1250. The average Bonchev–Trinajstić information content (AvgIpc) is 3.44. The van der Waals surface area contributed by atoms with Crippen LogP contribution in [-0.2, 0) is 11.3 Å². The molecular formula is C25H23N5O. The number of nitrogens with zero attached hydrogens (tertiary/aromatic N) is 5. The summed E-state index contributed by atoms with van der Waals surface area (Å²) in [4.78, 5) is 28.2. The van der Waals surface area contributed by atoms with Crippen LogP contribution >= 0.6 is 0 Å². The maximum atomic E-state index is 12.3. The van der Waals surface area contributed by atoms with E-state index in [-0.39, 0.29) is 0 Å². The molecule has 2 aromatic heterocycles. The summed E-state index contributed by atoms with van der Waals surface area (Å²) in [7, 11) is 0. The summed E-state index contributed by atoms with van der Waals surface area (Å²) in [6.45, 7) is 1.65. The second kappa shape index (κ2) is 7.30. The Balaban J connectivity index is 1.25. The van der Waals surface area contributed by atoms with Crippen molar-refractivity contribution in [3.8, 4) is 22.8 Å². The highest BCUT2D eigenvalue weighted by atomic mass is 16.2. The number of fused-ring (bicyclic) bond motifs is 1. The molecule has 0 radical (unpaired) electrons. The number of hydrogen-bond acceptors (Lipinski definition) is 4. The lowest BCUT2D eigenvalue weighted by Gasteiger charge is -2.16. The van der Waals surface area contributed by atoms with Crippen LogP contribution in [0.3, 0.4) is 0 Å². The molecule has 0 spiro atoms. The average molecular weight is 409 g/mol. The topological polar surface area (TPSA) is 63.9 Å². The number of carbonyl (C=O) groups excluding carboxylic acids is 1. The molecule has 1 amide bonds. The Hall–Kier alpha value is -3.54. The zero-order valence-corrected chi connectivity index (χ0v) is 17.2. The van der Waals surface area contributed by atoms with Gasteiger partial charge in [-0.05, 0) is 23.6 Å². The first kappa shape index (κ1) is 18.2. The van der Waals surface area contributed by atoms with Crippen molar-refractivity contribution in [2.24, 2.45) is 5.92 Å². The second-order valence-corrected chi connectivity index (χ2v) is 8.57. The maximum Gasteiger partial charge on any atom is 0.223 e. The Labute approximate surface area is 180 Å². The summed E-state index contributed by atoms with van der Waals surface area (Å²) in [6.07, 6.45) is 10.4. The first-order valence-corrected chi connectivity index (χ1v) is 10.9. The SMILES string of the molecule is O=C1CC(Cn2ccnc2-c2cnc(-c3cccc4ccccc34)nc2)CN1C1CC1. The predicted molar refractivity (Wildman–Crippen MR) is 119 cm³/mol. The molecule has 2 fully saturated rings. The maximum absolute atomic E-state index is 12.3. The summed E-state index contributed by atoms with van der Waals surface area (Å²) >= 11 is 0. The lowest BCUT2D eigenvalue weighted by Crippen LogP contribution is -2.27. The number of benzene rings is 2. The van der Waals surface area contributed by atoms with Gasteiger partial charge in [0.25, 0.3) is 0 Å². The lowest BCUT2D eigenvalue weighted by molar-refractivity contribution is -0.128. The molecule has 1 aliphatic heterocycles. The van der Waals surface area contributed by atoms with Gasteiger partial charge in [0.2, 0.25) is 5.91 Å². The predicted octanol–water partition coefficient (Wildman–Crippen LogP) is 4.17. The van der Waals surface area contributed by atoms with Gasteiger partial charge in [0.1, 0.15) is 5.82 Å². The molecule has 0 bridgehead atoms. The van der Waals surface area contributed by atoms with Gasteiger partial charge in [-0.25, -0.2) is 15.0 Å². The zero-order valence-electron chi connectivity index (χ0n) is 17.2. The molecule has 1 atom stereocenters. The normalized spacial score (nSPS) is 18.8. The van der Waals surface area contributed by atoms with Crippen LogP contribution in [0, 0.1) is 5.92 Å². The van der Waals surface area contributed by atoms with Crippen molar-refractivity contribution in [1.82, 2.24) is 24.4 Å². The van der Waals surface area contributed by atoms with E-state index >= 15 is 0 Å². The van der Waals surface area contributed by atoms with E-state index in [2.05, 4.69) is 48.7 Å². The third-order valence-electron chi connectivity index (χ3n) is 6.34. The molecule has 6 nitrogen and oxygen atoms in total. The molecule has 1 saturated carbocycles. The second-order valence-electron chi connectivity index (χ2n) is 8.57. The Morgan fingerprint density at radius 2 is 1.77 bits per heavy atom. The Kier molecular flexibility index (Phi) is 4.30. The van der Waals surface area contributed by atoms with Crippen LogP contribution in [0.4, 0.5) is 0 Å². The summed E-state index contributed by atoms with van der Waals surface area (Å²) < 4.78 is 2.13. The van der Waals surface area contributed by atoms with Crippen LogP contribution in [0.2, 0.25) is 0 Å². The van der Waals surface area contributed by atoms with Gasteiger partial charge in [-0.1, -0.05) is 42.5 Å². The largest absolute Gasteiger partial charge is 0.339 e. The number of amides is 1. The molecule has 6 rings (SSSR count). The standard InChI is InChI=1S/C25H23N5O/c31-23-12-17(16-30(23)20-8-9-20)15-29-11-10-26-25(29)19-13-27-24(28-14-19)22-7-3-5-18-4-1-2-6-21(18)22/h1-7,10-11,13-14,17,20H,8-9,12,15-16H2. The van der Waals surface area contributed by atoms with E-state index in [4.69, 9.17) is 0 Å². The number of aromatic nitrogens is 4. The fourth-order valence-electron chi connectivity index (χ4n) is 4.67. The molecular weight excluding hydrogens is 386 g/mol. The van der Waals surface area contributed by atoms with Gasteiger partial charge < -0.3 is 9.47 Å². The minimum Gasteiger partial charge on any atom is -0.339 e. The number of hydrogen-bond donors (Lipinski definition) is 0. The lowest BCUT2D eigenvalue weighted by atomic mass is 10.0. The molecule has 31 heavy (non-hydrogen) atoms. The van der Waals surface area contributed by atoms with Gasteiger partial charge in [-0.15, -0.1) is 0 Å². The van der Waals surface area contributed by atoms with Crippen molar-refractivity contribution in [3.05, 3.63) is 67.3 Å². The quantitative estimate of drug-likeness (QED) is 0.496. The van der Waals surface area contributed by atoms with Crippen LogP contribution in [0.1, 0.15) is 19.3 Å². The summed E-state index contributed by atoms with van der Waals surface area (Å²) in [5.74, 6) is 2.19. The van der Waals surface area contributed by atoms with Gasteiger partial charge in [0.05, 0.1) is 5.56 Å². The molecule has 6 heteroatoms. The number of rotatable bonds is 5. The first-order valence-electron chi connectivity index (χ1n) is 10.9. The molecule has 4 aromatic rings. The molecule has 0 N–H and O–H groups in total. The van der Waals surface area contributed by atoms with E-state index < -0.39 is 0 Å². The molecule has 3 heterocycles. The molecule has 1 unspecified atom stereocenters. The van der Waals surface area contributed by atoms with E-state index in [1.165, 1.54) is 5.39 Å². The molecule has 154 valence electrons. The van der Waals surface area contributed by atoms with E-state index in [1.54, 1.807) is 0 Å². The monoisotopic (exact) mass is 409 g/mol. The van der Waals surface area contributed by atoms with Gasteiger partial charge in [-0.3, -0.25) is 4.79 Å². The molecule has 2 aromatic carbocycles. The highest BCUT2D eigenvalue weighted by Crippen LogP contribution is 2.33. The van der Waals surface area contributed by atoms with Crippen molar-refractivity contribution >= 4 is 16.7 Å². The molecule has 1 aliphatic carbocycles. The fraction of sp³-hybridized carbons (Fsp3) is 0.280. The summed E-state index contributed by atoms with van der Waals surface area (Å²) in [5.41, 5.74) is 1.91. The van der Waals surface area contributed by atoms with Gasteiger partial charge in [-0.2, -0.15) is 0 Å². The van der Waals surface area contributed by atoms with E-state index in [0.29, 0.717) is 30.1 Å². The van der Waals surface area contributed by atoms with Crippen molar-refractivity contribution in [3.63, 3.8) is 0 Å². The highest BCUT2D eigenvalue weighted by molar-refractivity contribution is 5.95. The summed E-state index contributed by atoms with van der Waals surface area (Å²) in [6, 6.07) is 15.0. The number of imidazole rings is 1. The first-order chi connectivity index (χ1) is 15.3. The van der Waals surface area contributed by atoms with Crippen LogP contribution in [-0.4, -0.2) is 42.9 Å². The van der Waals surface area contributed by atoms with E-state index in [1.807, 2.05) is 43.0 Å². The minimum absolute atomic E-state index is 0.303. The zero-order chi connectivity index (χ0) is 20.8. The van der Waals surface area contributed by atoms with Crippen molar-refractivity contribution in [1.29, 1.82) is 0 Å². The molecule has 2 aliphatic rings. The fourth-order valence-corrected chi connectivity index (χ4v) is 4.67. The van der Waals surface area contributed by atoms with Crippen molar-refractivity contribution in [2.45, 2.75) is 31.8 Å². The smallest absolute Gasteiger partial charge is 0.223 e.